The van der Waals surface area contributed by atoms with Crippen molar-refractivity contribution in [2.24, 2.45) is 0 Å². The van der Waals surface area contributed by atoms with E-state index in [0.29, 0.717) is 17.5 Å². The van der Waals surface area contributed by atoms with Crippen LogP contribution in [-0.4, -0.2) is 34.1 Å². The Kier molecular flexibility index (Phi) is 2.11. The normalized spacial score (nSPS) is 15.0. The molecule has 8 heteroatoms. The van der Waals surface area contributed by atoms with Gasteiger partial charge in [0.2, 0.25) is 0 Å². The quantitative estimate of drug-likeness (QED) is 0.497. The van der Waals surface area contributed by atoms with E-state index in [9.17, 15) is 0 Å². The van der Waals surface area contributed by atoms with Gasteiger partial charge < -0.3 is 4.52 Å². The summed E-state index contributed by atoms with van der Waals surface area (Å²) in [6.07, 6.45) is 5.71. The number of imidazole rings is 1. The molecule has 6 rings (SSSR count). The summed E-state index contributed by atoms with van der Waals surface area (Å²) in [7, 11) is 0. The third-order valence-corrected chi connectivity index (χ3v) is 4.51. The first-order chi connectivity index (χ1) is 11.9. The van der Waals surface area contributed by atoms with Crippen LogP contribution in [0.3, 0.4) is 0 Å². The third kappa shape index (κ3) is 1.49. The molecule has 0 radical (unpaired) electrons. The summed E-state index contributed by atoms with van der Waals surface area (Å²) < 4.78 is 9.38. The minimum Gasteiger partial charge on any atom is -0.332 e. The second kappa shape index (κ2) is 4.16. The Morgan fingerprint density at radius 3 is 2.92 bits per heavy atom. The molecule has 8 nitrogen and oxygen atoms in total. The number of hydrogen-bond acceptors (Lipinski definition) is 6. The van der Waals surface area contributed by atoms with Crippen LogP contribution in [0.25, 0.3) is 33.8 Å². The number of hydrogen-bond donors (Lipinski definition) is 0. The minimum atomic E-state index is 0.435. The van der Waals surface area contributed by atoms with Crippen molar-refractivity contribution in [1.82, 2.24) is 34.1 Å². The van der Waals surface area contributed by atoms with Crippen molar-refractivity contribution in [2.45, 2.75) is 18.8 Å². The Morgan fingerprint density at radius 1 is 1.08 bits per heavy atom. The van der Waals surface area contributed by atoms with Gasteiger partial charge in [0.25, 0.3) is 5.89 Å². The number of fused-ring (bicyclic) bond motifs is 6. The lowest BCUT2D eigenvalue weighted by molar-refractivity contribution is 0.422. The highest BCUT2D eigenvalue weighted by Gasteiger charge is 2.30. The molecule has 4 heterocycles. The molecule has 1 aliphatic rings. The number of benzene rings is 1. The summed E-state index contributed by atoms with van der Waals surface area (Å²) in [5, 5.41) is 13.4. The Morgan fingerprint density at radius 2 is 2.00 bits per heavy atom. The lowest BCUT2D eigenvalue weighted by atomic mass is 10.2. The van der Waals surface area contributed by atoms with Crippen molar-refractivity contribution in [2.75, 3.05) is 0 Å². The molecule has 0 bridgehead atoms. The van der Waals surface area contributed by atoms with Gasteiger partial charge in [-0.05, 0) is 25.0 Å². The third-order valence-electron chi connectivity index (χ3n) is 4.51. The van der Waals surface area contributed by atoms with E-state index in [1.54, 1.807) is 12.7 Å². The van der Waals surface area contributed by atoms with E-state index in [4.69, 9.17) is 4.52 Å². The molecule has 116 valence electrons. The highest BCUT2D eigenvalue weighted by molar-refractivity contribution is 5.95. The Labute approximate surface area is 134 Å². The van der Waals surface area contributed by atoms with Crippen LogP contribution in [0.5, 0.6) is 0 Å². The van der Waals surface area contributed by atoms with Crippen molar-refractivity contribution in [3.8, 4) is 11.6 Å². The molecule has 0 aliphatic heterocycles. The maximum atomic E-state index is 5.46. The first kappa shape index (κ1) is 12.2. The fraction of sp³-hybridized carbons (Fsp3) is 0.188. The second-order valence-corrected chi connectivity index (χ2v) is 6.06. The van der Waals surface area contributed by atoms with E-state index in [1.165, 1.54) is 0 Å². The van der Waals surface area contributed by atoms with E-state index in [2.05, 4.69) is 25.3 Å². The highest BCUT2D eigenvalue weighted by Crippen LogP contribution is 2.39. The second-order valence-electron chi connectivity index (χ2n) is 6.06. The maximum absolute atomic E-state index is 5.46. The summed E-state index contributed by atoms with van der Waals surface area (Å²) in [6, 6.07) is 8.04. The van der Waals surface area contributed by atoms with Gasteiger partial charge in [0.05, 0.1) is 5.52 Å². The molecule has 1 saturated carbocycles. The average molecular weight is 317 g/mol. The number of rotatable bonds is 2. The van der Waals surface area contributed by atoms with Crippen LogP contribution in [0, 0.1) is 0 Å². The Hall–Kier alpha value is -3.29. The molecule has 4 aromatic heterocycles. The predicted octanol–water partition coefficient (Wildman–Crippen LogP) is 2.46. The van der Waals surface area contributed by atoms with Gasteiger partial charge in [0, 0.05) is 11.3 Å². The van der Waals surface area contributed by atoms with Crippen LogP contribution in [0.15, 0.2) is 41.4 Å². The topological polar surface area (TPSA) is 86.4 Å². The van der Waals surface area contributed by atoms with Crippen molar-refractivity contribution in [1.29, 1.82) is 0 Å². The lowest BCUT2D eigenvalue weighted by Crippen LogP contribution is -1.96. The van der Waals surface area contributed by atoms with Crippen LogP contribution >= 0.6 is 0 Å². The molecule has 0 saturated heterocycles. The highest BCUT2D eigenvalue weighted by atomic mass is 16.5. The van der Waals surface area contributed by atoms with E-state index < -0.39 is 0 Å². The summed E-state index contributed by atoms with van der Waals surface area (Å²) in [6.45, 7) is 0. The first-order valence-electron chi connectivity index (χ1n) is 7.81. The van der Waals surface area contributed by atoms with Crippen LogP contribution in [0.1, 0.15) is 24.6 Å². The number of aromatic nitrogens is 7. The maximum Gasteiger partial charge on any atom is 0.280 e. The van der Waals surface area contributed by atoms with Gasteiger partial charge in [-0.15, -0.1) is 10.2 Å². The van der Waals surface area contributed by atoms with E-state index in [-0.39, 0.29) is 0 Å². The molecular weight excluding hydrogens is 306 g/mol. The van der Waals surface area contributed by atoms with Crippen LogP contribution in [0.2, 0.25) is 0 Å². The zero-order valence-electron chi connectivity index (χ0n) is 12.5. The van der Waals surface area contributed by atoms with Gasteiger partial charge in [-0.1, -0.05) is 17.3 Å². The van der Waals surface area contributed by atoms with Crippen molar-refractivity contribution < 1.29 is 4.52 Å². The van der Waals surface area contributed by atoms with Crippen molar-refractivity contribution in [3.05, 3.63) is 42.7 Å². The van der Waals surface area contributed by atoms with Crippen LogP contribution in [-0.2, 0) is 0 Å². The smallest absolute Gasteiger partial charge is 0.280 e. The molecule has 0 amide bonds. The van der Waals surface area contributed by atoms with Gasteiger partial charge >= 0.3 is 0 Å². The lowest BCUT2D eigenvalue weighted by Gasteiger charge is -2.05. The zero-order chi connectivity index (χ0) is 15.7. The van der Waals surface area contributed by atoms with Crippen LogP contribution < -0.4 is 0 Å². The largest absolute Gasteiger partial charge is 0.332 e. The molecule has 0 atom stereocenters. The molecular formula is C16H11N7O. The molecule has 5 aromatic rings. The Balaban J connectivity index is 1.73. The molecule has 1 fully saturated rings. The van der Waals surface area contributed by atoms with Crippen LogP contribution in [0.4, 0.5) is 0 Å². The standard InChI is InChI=1S/C16H11N7O/c1-2-4-11-10(3-1)14-20-18-8-23(14)16-12(17-7-22(11)16)15-19-13(21-24-15)9-5-6-9/h1-4,7-9H,5-6H2. The van der Waals surface area contributed by atoms with E-state index in [1.807, 2.05) is 33.1 Å². The molecule has 0 unspecified atom stereocenters. The summed E-state index contributed by atoms with van der Waals surface area (Å²) in [5.41, 5.74) is 3.25. The van der Waals surface area contributed by atoms with Gasteiger partial charge in [0.1, 0.15) is 12.7 Å². The summed E-state index contributed by atoms with van der Waals surface area (Å²) >= 11 is 0. The van der Waals surface area contributed by atoms with E-state index >= 15 is 0 Å². The van der Waals surface area contributed by atoms with Gasteiger partial charge in [-0.2, -0.15) is 4.98 Å². The van der Waals surface area contributed by atoms with Crippen molar-refractivity contribution >= 4 is 22.2 Å². The molecule has 0 spiro atoms. The average Bonchev–Trinajstić information content (AvgIpc) is 3.05. The number of para-hydroxylation sites is 1. The number of nitrogens with zero attached hydrogens (tertiary/aromatic N) is 7. The van der Waals surface area contributed by atoms with Crippen molar-refractivity contribution in [3.63, 3.8) is 0 Å². The van der Waals surface area contributed by atoms with Gasteiger partial charge in [-0.3, -0.25) is 8.80 Å². The SMILES string of the molecule is c1ccc2c(c1)c1nncn1c1c(-c3nc(C4CC4)no3)ncn21. The first-order valence-corrected chi connectivity index (χ1v) is 7.81. The summed E-state index contributed by atoms with van der Waals surface area (Å²) in [5.74, 6) is 1.64. The molecule has 0 N–H and O–H groups in total. The van der Waals surface area contributed by atoms with Gasteiger partial charge in [0.15, 0.2) is 22.8 Å². The van der Waals surface area contributed by atoms with E-state index in [0.717, 1.165) is 40.9 Å². The predicted molar refractivity (Wildman–Crippen MR) is 84.5 cm³/mol. The molecule has 24 heavy (non-hydrogen) atoms. The molecule has 1 aliphatic carbocycles. The van der Waals surface area contributed by atoms with Gasteiger partial charge in [-0.25, -0.2) is 4.98 Å². The zero-order valence-corrected chi connectivity index (χ0v) is 12.5. The Bertz CT molecular complexity index is 1230. The fourth-order valence-corrected chi connectivity index (χ4v) is 3.18. The molecule has 1 aromatic carbocycles. The fourth-order valence-electron chi connectivity index (χ4n) is 3.18. The summed E-state index contributed by atoms with van der Waals surface area (Å²) in [4.78, 5) is 9.06. The minimum absolute atomic E-state index is 0.435. The monoisotopic (exact) mass is 317 g/mol.